The van der Waals surface area contributed by atoms with Gasteiger partial charge >= 0.3 is 12.0 Å². The van der Waals surface area contributed by atoms with Gasteiger partial charge in [0, 0.05) is 26.1 Å². The minimum Gasteiger partial charge on any atom is -0.480 e. The molecule has 1 aliphatic heterocycles. The first-order valence-electron chi connectivity index (χ1n) is 10.9. The van der Waals surface area contributed by atoms with Crippen LogP contribution in [-0.4, -0.2) is 51.7 Å². The molecule has 0 radical (unpaired) electrons. The summed E-state index contributed by atoms with van der Waals surface area (Å²) >= 11 is 0. The summed E-state index contributed by atoms with van der Waals surface area (Å²) in [6.45, 7) is 5.56. The van der Waals surface area contributed by atoms with Crippen molar-refractivity contribution in [1.82, 2.24) is 20.2 Å². The van der Waals surface area contributed by atoms with E-state index in [1.165, 1.54) is 0 Å². The van der Waals surface area contributed by atoms with Crippen LogP contribution in [0.25, 0.3) is 11.0 Å². The quantitative estimate of drug-likeness (QED) is 0.502. The topological polar surface area (TPSA) is 117 Å². The van der Waals surface area contributed by atoms with Crippen LogP contribution < -0.4 is 15.5 Å². The molecule has 2 atom stereocenters. The number of aromatic nitrogens is 2. The summed E-state index contributed by atoms with van der Waals surface area (Å²) in [5, 5.41) is 14.8. The fraction of sp³-hybridized carbons (Fsp3) is 0.545. The van der Waals surface area contributed by atoms with Crippen LogP contribution in [-0.2, 0) is 16.1 Å². The first-order valence-corrected chi connectivity index (χ1v) is 10.9. The number of fused-ring (bicyclic) bond motifs is 3. The Morgan fingerprint density at radius 1 is 1.16 bits per heavy atom. The third-order valence-electron chi connectivity index (χ3n) is 5.82. The molecule has 0 aliphatic carbocycles. The van der Waals surface area contributed by atoms with Gasteiger partial charge in [0.15, 0.2) is 0 Å². The van der Waals surface area contributed by atoms with E-state index in [1.54, 1.807) is 4.90 Å². The van der Waals surface area contributed by atoms with Crippen molar-refractivity contribution in [1.29, 1.82) is 0 Å². The minimum atomic E-state index is -0.999. The molecule has 9 heteroatoms. The lowest BCUT2D eigenvalue weighted by molar-refractivity contribution is -0.143. The fourth-order valence-corrected chi connectivity index (χ4v) is 3.79. The largest absolute Gasteiger partial charge is 0.480 e. The molecule has 0 saturated heterocycles. The first-order chi connectivity index (χ1) is 14.9. The highest BCUT2D eigenvalue weighted by Crippen LogP contribution is 2.26. The maximum Gasteiger partial charge on any atom is 0.326 e. The van der Waals surface area contributed by atoms with Crippen LogP contribution in [0, 0.1) is 5.92 Å². The number of urea groups is 1. The zero-order valence-electron chi connectivity index (χ0n) is 18.1. The number of hydrogen-bond donors (Lipinski definition) is 3. The molecule has 0 fully saturated rings. The van der Waals surface area contributed by atoms with E-state index in [4.69, 9.17) is 0 Å². The molecule has 9 nitrogen and oxygen atoms in total. The molecule has 3 N–H and O–H groups in total. The van der Waals surface area contributed by atoms with E-state index in [9.17, 15) is 19.5 Å². The van der Waals surface area contributed by atoms with Gasteiger partial charge < -0.3 is 20.3 Å². The van der Waals surface area contributed by atoms with E-state index in [0.29, 0.717) is 31.9 Å². The average molecular weight is 430 g/mol. The molecule has 1 aromatic carbocycles. The van der Waals surface area contributed by atoms with Gasteiger partial charge in [-0.05, 0) is 30.9 Å². The van der Waals surface area contributed by atoms with Crippen molar-refractivity contribution in [2.24, 2.45) is 5.92 Å². The number of nitrogens with zero attached hydrogens (tertiary/aromatic N) is 3. The van der Waals surface area contributed by atoms with Crippen LogP contribution in [0.3, 0.4) is 0 Å². The Kier molecular flexibility index (Phi) is 7.49. The van der Waals surface area contributed by atoms with Crippen LogP contribution in [0.1, 0.15) is 46.0 Å². The van der Waals surface area contributed by atoms with E-state index in [1.807, 2.05) is 38.1 Å². The highest BCUT2D eigenvalue weighted by atomic mass is 16.4. The third-order valence-corrected chi connectivity index (χ3v) is 5.82. The second kappa shape index (κ2) is 10.3. The molecular formula is C22H31N5O4. The Morgan fingerprint density at radius 2 is 1.94 bits per heavy atom. The summed E-state index contributed by atoms with van der Waals surface area (Å²) in [6, 6.07) is 6.83. The number of aliphatic carboxylic acids is 1. The van der Waals surface area contributed by atoms with Crippen LogP contribution in [0.2, 0.25) is 0 Å². The number of carbonyl (C=O) groups is 3. The zero-order chi connectivity index (χ0) is 22.4. The normalized spacial score (nSPS) is 14.8. The van der Waals surface area contributed by atoms with Crippen molar-refractivity contribution in [2.75, 3.05) is 18.0 Å². The summed E-state index contributed by atoms with van der Waals surface area (Å²) < 4.78 is 2.05. The molecule has 3 amide bonds. The van der Waals surface area contributed by atoms with Gasteiger partial charge in [0.05, 0.1) is 11.0 Å². The third kappa shape index (κ3) is 5.34. The number of nitrogens with one attached hydrogen (secondary N) is 2. The van der Waals surface area contributed by atoms with Crippen molar-refractivity contribution in [3.63, 3.8) is 0 Å². The van der Waals surface area contributed by atoms with Crippen molar-refractivity contribution >= 4 is 34.9 Å². The van der Waals surface area contributed by atoms with Crippen LogP contribution in [0.15, 0.2) is 24.3 Å². The molecule has 1 aliphatic rings. The second-order valence-corrected chi connectivity index (χ2v) is 8.02. The molecule has 2 heterocycles. The molecule has 1 unspecified atom stereocenters. The van der Waals surface area contributed by atoms with Crippen molar-refractivity contribution < 1.29 is 19.5 Å². The number of anilines is 1. The summed E-state index contributed by atoms with van der Waals surface area (Å²) in [6.07, 6.45) is 3.13. The van der Waals surface area contributed by atoms with Crippen molar-refractivity contribution in [2.45, 2.75) is 58.5 Å². The Bertz CT molecular complexity index is 941. The summed E-state index contributed by atoms with van der Waals surface area (Å²) in [5.41, 5.74) is 1.91. The highest BCUT2D eigenvalue weighted by molar-refractivity contribution is 5.93. The van der Waals surface area contributed by atoms with Gasteiger partial charge in [0.2, 0.25) is 11.9 Å². The number of amides is 3. The molecule has 0 saturated carbocycles. The van der Waals surface area contributed by atoms with Gasteiger partial charge in [-0.3, -0.25) is 9.69 Å². The van der Waals surface area contributed by atoms with E-state index in [2.05, 4.69) is 20.2 Å². The Morgan fingerprint density at radius 3 is 2.68 bits per heavy atom. The Labute approximate surface area is 181 Å². The van der Waals surface area contributed by atoms with E-state index < -0.39 is 12.0 Å². The monoisotopic (exact) mass is 429 g/mol. The number of rotatable bonds is 10. The van der Waals surface area contributed by atoms with Gasteiger partial charge in [0.1, 0.15) is 6.04 Å². The lowest BCUT2D eigenvalue weighted by atomic mass is 9.99. The molecular weight excluding hydrogens is 398 g/mol. The summed E-state index contributed by atoms with van der Waals surface area (Å²) in [4.78, 5) is 42.1. The van der Waals surface area contributed by atoms with Crippen molar-refractivity contribution in [3.05, 3.63) is 24.3 Å². The number of carboxylic acid groups (broad SMARTS) is 1. The van der Waals surface area contributed by atoms with Gasteiger partial charge in [-0.1, -0.05) is 38.8 Å². The van der Waals surface area contributed by atoms with Crippen LogP contribution in [0.4, 0.5) is 10.7 Å². The van der Waals surface area contributed by atoms with Crippen molar-refractivity contribution in [3.8, 4) is 0 Å². The highest BCUT2D eigenvalue weighted by Gasteiger charge is 2.28. The molecule has 0 spiro atoms. The number of carboxylic acids is 1. The molecule has 2 aromatic rings. The standard InChI is InChI=1S/C22H31N5O4/c1-3-15(2)19(20(29)30)25-18(28)11-5-4-8-12-23-22(31)27-14-13-26-17-10-7-6-9-16(17)24-21(26)27/h6-7,9-10,15,19H,3-5,8,11-14H2,1-2H3,(H,23,31)(H,25,28)(H,29,30)/t15?,19-/m0/s1. The van der Waals surface area contributed by atoms with Gasteiger partial charge in [0.25, 0.3) is 0 Å². The molecule has 1 aromatic heterocycles. The maximum atomic E-state index is 12.5. The number of carbonyl (C=O) groups excluding carboxylic acids is 2. The van der Waals surface area contributed by atoms with Gasteiger partial charge in [-0.2, -0.15) is 0 Å². The van der Waals surface area contributed by atoms with Crippen LogP contribution >= 0.6 is 0 Å². The summed E-state index contributed by atoms with van der Waals surface area (Å²) in [7, 11) is 0. The van der Waals surface area contributed by atoms with E-state index in [-0.39, 0.29) is 24.3 Å². The predicted octanol–water partition coefficient (Wildman–Crippen LogP) is 2.74. The first kappa shape index (κ1) is 22.6. The molecule has 0 bridgehead atoms. The second-order valence-electron chi connectivity index (χ2n) is 8.02. The van der Waals surface area contributed by atoms with E-state index >= 15 is 0 Å². The molecule has 3 rings (SSSR count). The number of unbranched alkanes of at least 4 members (excludes halogenated alkanes) is 2. The Balaban J connectivity index is 1.36. The summed E-state index contributed by atoms with van der Waals surface area (Å²) in [5.74, 6) is -0.686. The fourth-order valence-electron chi connectivity index (χ4n) is 3.79. The number of imidazole rings is 1. The smallest absolute Gasteiger partial charge is 0.326 e. The van der Waals surface area contributed by atoms with Crippen LogP contribution in [0.5, 0.6) is 0 Å². The molecule has 168 valence electrons. The zero-order valence-corrected chi connectivity index (χ0v) is 18.1. The minimum absolute atomic E-state index is 0.115. The van der Waals surface area contributed by atoms with E-state index in [0.717, 1.165) is 30.4 Å². The number of hydrogen-bond acceptors (Lipinski definition) is 4. The van der Waals surface area contributed by atoms with Gasteiger partial charge in [-0.15, -0.1) is 0 Å². The SMILES string of the molecule is CCC(C)[C@H](NC(=O)CCCCCNC(=O)N1CCn2c1nc1ccccc12)C(=O)O. The predicted molar refractivity (Wildman–Crippen MR) is 118 cm³/mol. The lowest BCUT2D eigenvalue weighted by Gasteiger charge is -2.20. The maximum absolute atomic E-state index is 12.5. The number of para-hydroxylation sites is 2. The average Bonchev–Trinajstić information content (AvgIpc) is 3.32. The number of benzene rings is 1. The van der Waals surface area contributed by atoms with Gasteiger partial charge in [-0.25, -0.2) is 14.6 Å². The molecule has 31 heavy (non-hydrogen) atoms. The lowest BCUT2D eigenvalue weighted by Crippen LogP contribution is -2.44. The Hall–Kier alpha value is -3.10.